The summed E-state index contributed by atoms with van der Waals surface area (Å²) in [5, 5.41) is 2.75. The fraction of sp³-hybridized carbons (Fsp3) is 0.391. The van der Waals surface area contributed by atoms with Gasteiger partial charge in [-0.3, -0.25) is 10.1 Å². The van der Waals surface area contributed by atoms with Gasteiger partial charge in [0.2, 0.25) is 11.9 Å². The number of hydrogen-bond acceptors (Lipinski definition) is 7. The number of aromatic amines is 1. The van der Waals surface area contributed by atoms with E-state index < -0.39 is 10.1 Å². The fourth-order valence-electron chi connectivity index (χ4n) is 3.97. The van der Waals surface area contributed by atoms with Crippen molar-refractivity contribution in [2.45, 2.75) is 24.2 Å². The van der Waals surface area contributed by atoms with Crippen molar-refractivity contribution in [2.75, 3.05) is 43.4 Å². The first kappa shape index (κ1) is 21.7. The van der Waals surface area contributed by atoms with Gasteiger partial charge in [0.05, 0.1) is 11.0 Å². The third kappa shape index (κ3) is 4.96. The number of aromatic nitrogens is 2. The predicted octanol–water partition coefficient (Wildman–Crippen LogP) is 2.82. The van der Waals surface area contributed by atoms with Crippen LogP contribution in [0.1, 0.15) is 19.3 Å². The highest BCUT2D eigenvalue weighted by Gasteiger charge is 2.30. The molecule has 0 atom stereocenters. The van der Waals surface area contributed by atoms with Crippen molar-refractivity contribution < 1.29 is 17.4 Å². The Morgan fingerprint density at radius 3 is 2.64 bits per heavy atom. The second-order valence-electron chi connectivity index (χ2n) is 8.70. The molecule has 10 heteroatoms. The molecule has 2 heterocycles. The van der Waals surface area contributed by atoms with E-state index >= 15 is 0 Å². The second kappa shape index (κ2) is 8.68. The summed E-state index contributed by atoms with van der Waals surface area (Å²) in [6.45, 7) is 3.89. The Hall–Kier alpha value is -3.11. The molecule has 1 aromatic heterocycles. The van der Waals surface area contributed by atoms with Gasteiger partial charge in [-0.1, -0.05) is 0 Å². The molecule has 2 aromatic carbocycles. The van der Waals surface area contributed by atoms with E-state index in [1.807, 2.05) is 12.1 Å². The summed E-state index contributed by atoms with van der Waals surface area (Å²) >= 11 is 0. The van der Waals surface area contributed by atoms with Crippen molar-refractivity contribution in [3.05, 3.63) is 42.5 Å². The zero-order valence-electron chi connectivity index (χ0n) is 18.5. The minimum Gasteiger partial charge on any atom is -0.379 e. The summed E-state index contributed by atoms with van der Waals surface area (Å²) in [7, 11) is -1.88. The topological polar surface area (TPSA) is 108 Å². The van der Waals surface area contributed by atoms with Crippen LogP contribution in [-0.4, -0.2) is 62.4 Å². The number of amides is 1. The highest BCUT2D eigenvalue weighted by Crippen LogP contribution is 2.30. The number of anilines is 2. The Morgan fingerprint density at radius 1 is 1.09 bits per heavy atom. The molecule has 2 aliphatic rings. The smallest absolute Gasteiger partial charge is 0.339 e. The van der Waals surface area contributed by atoms with Gasteiger partial charge in [0.15, 0.2) is 0 Å². The molecular weight excluding hydrogens is 442 g/mol. The van der Waals surface area contributed by atoms with Crippen molar-refractivity contribution in [1.82, 2.24) is 14.9 Å². The van der Waals surface area contributed by atoms with Gasteiger partial charge < -0.3 is 19.0 Å². The highest BCUT2D eigenvalue weighted by molar-refractivity contribution is 7.87. The zero-order valence-corrected chi connectivity index (χ0v) is 19.3. The number of nitrogens with zero attached hydrogens (tertiary/aromatic N) is 3. The maximum atomic E-state index is 12.8. The van der Waals surface area contributed by atoms with Crippen LogP contribution in [0, 0.1) is 5.92 Å². The molecule has 1 aliphatic heterocycles. The maximum absolute atomic E-state index is 12.8. The van der Waals surface area contributed by atoms with Crippen molar-refractivity contribution in [3.63, 3.8) is 0 Å². The van der Waals surface area contributed by atoms with Crippen LogP contribution >= 0.6 is 0 Å². The van der Waals surface area contributed by atoms with E-state index in [0.717, 1.165) is 51.1 Å². The number of fused-ring (bicyclic) bond motifs is 1. The summed E-state index contributed by atoms with van der Waals surface area (Å²) in [5.41, 5.74) is 2.19. The van der Waals surface area contributed by atoms with Crippen LogP contribution in [0.5, 0.6) is 5.75 Å². The van der Waals surface area contributed by atoms with E-state index in [9.17, 15) is 13.2 Å². The maximum Gasteiger partial charge on any atom is 0.339 e. The Bertz CT molecular complexity index is 1270. The van der Waals surface area contributed by atoms with Gasteiger partial charge >= 0.3 is 10.1 Å². The molecule has 174 valence electrons. The Kier molecular flexibility index (Phi) is 5.71. The van der Waals surface area contributed by atoms with Gasteiger partial charge in [0.1, 0.15) is 10.6 Å². The molecule has 3 aromatic rings. The van der Waals surface area contributed by atoms with E-state index in [0.29, 0.717) is 17.0 Å². The van der Waals surface area contributed by atoms with Gasteiger partial charge in [-0.2, -0.15) is 8.42 Å². The first-order valence-corrected chi connectivity index (χ1v) is 12.6. The molecule has 1 amide bonds. The fourth-order valence-corrected chi connectivity index (χ4v) is 4.89. The van der Waals surface area contributed by atoms with Crippen LogP contribution in [0.2, 0.25) is 0 Å². The number of benzene rings is 2. The monoisotopic (exact) mass is 469 g/mol. The van der Waals surface area contributed by atoms with E-state index in [2.05, 4.69) is 32.1 Å². The normalized spacial score (nSPS) is 17.7. The van der Waals surface area contributed by atoms with Crippen molar-refractivity contribution in [2.24, 2.45) is 5.92 Å². The molecule has 2 N–H and O–H groups in total. The first-order chi connectivity index (χ1) is 15.9. The van der Waals surface area contributed by atoms with Crippen molar-refractivity contribution in [3.8, 4) is 5.75 Å². The molecule has 9 nitrogen and oxygen atoms in total. The van der Waals surface area contributed by atoms with Crippen LogP contribution in [0.25, 0.3) is 11.0 Å². The summed E-state index contributed by atoms with van der Waals surface area (Å²) in [6.07, 6.45) is 2.87. The predicted molar refractivity (Wildman–Crippen MR) is 126 cm³/mol. The molecule has 1 aliphatic carbocycles. The van der Waals surface area contributed by atoms with E-state index in [-0.39, 0.29) is 22.5 Å². The second-order valence-corrected chi connectivity index (χ2v) is 10.2. The van der Waals surface area contributed by atoms with Gasteiger partial charge in [-0.05, 0) is 69.3 Å². The lowest BCUT2D eigenvalue weighted by Crippen LogP contribution is -2.28. The third-order valence-electron chi connectivity index (χ3n) is 6.06. The van der Waals surface area contributed by atoms with E-state index in [1.54, 1.807) is 30.3 Å². The Balaban J connectivity index is 1.29. The Labute approximate surface area is 192 Å². The Morgan fingerprint density at radius 2 is 1.88 bits per heavy atom. The number of likely N-dealkylation sites (N-methyl/N-ethyl adjacent to an activating group) is 1. The summed E-state index contributed by atoms with van der Waals surface area (Å²) < 4.78 is 31.0. The first-order valence-electron chi connectivity index (χ1n) is 11.2. The molecule has 1 saturated heterocycles. The lowest BCUT2D eigenvalue weighted by molar-refractivity contribution is -0.117. The number of nitrogens with one attached hydrogen (secondary N) is 2. The van der Waals surface area contributed by atoms with Gasteiger partial charge in [-0.25, -0.2) is 4.98 Å². The lowest BCUT2D eigenvalue weighted by Gasteiger charge is -2.23. The average Bonchev–Trinajstić information content (AvgIpc) is 3.59. The quantitative estimate of drug-likeness (QED) is 0.535. The minimum atomic E-state index is -3.99. The summed E-state index contributed by atoms with van der Waals surface area (Å²) in [4.78, 5) is 23.9. The van der Waals surface area contributed by atoms with Crippen LogP contribution in [0.4, 0.5) is 11.6 Å². The number of hydrogen-bond donors (Lipinski definition) is 2. The largest absolute Gasteiger partial charge is 0.379 e. The number of carbonyl (C=O) groups excluding carboxylic acids is 1. The molecule has 0 spiro atoms. The SMILES string of the molecule is CN1CCCN(c2ccc(S(=O)(=O)Oc3ccc4nc(NC(=O)C5CC5)[nH]c4c3)cc2)CC1. The molecule has 5 rings (SSSR count). The third-order valence-corrected chi connectivity index (χ3v) is 7.32. The van der Waals surface area contributed by atoms with Gasteiger partial charge in [-0.15, -0.1) is 0 Å². The number of carbonyl (C=O) groups is 1. The number of H-pyrrole nitrogens is 1. The van der Waals surface area contributed by atoms with Crippen LogP contribution in [0.3, 0.4) is 0 Å². The molecule has 0 unspecified atom stereocenters. The molecular formula is C23H27N5O4S. The highest BCUT2D eigenvalue weighted by atomic mass is 32.2. The van der Waals surface area contributed by atoms with Gasteiger partial charge in [0.25, 0.3) is 0 Å². The molecule has 0 bridgehead atoms. The number of rotatable bonds is 6. The van der Waals surface area contributed by atoms with Crippen LogP contribution in [-0.2, 0) is 14.9 Å². The summed E-state index contributed by atoms with van der Waals surface area (Å²) in [5.74, 6) is 0.529. The number of imidazole rings is 1. The van der Waals surface area contributed by atoms with Crippen LogP contribution in [0.15, 0.2) is 47.4 Å². The van der Waals surface area contributed by atoms with Gasteiger partial charge in [0, 0.05) is 37.3 Å². The summed E-state index contributed by atoms with van der Waals surface area (Å²) in [6, 6.07) is 11.6. The van der Waals surface area contributed by atoms with Crippen molar-refractivity contribution in [1.29, 1.82) is 0 Å². The lowest BCUT2D eigenvalue weighted by atomic mass is 10.2. The molecule has 1 saturated carbocycles. The minimum absolute atomic E-state index is 0.0521. The molecule has 2 fully saturated rings. The standard InChI is InChI=1S/C23H27N5O4S/c1-27-11-2-12-28(14-13-27)17-5-8-19(9-6-17)33(30,31)32-18-7-10-20-21(15-18)25-23(24-20)26-22(29)16-3-4-16/h5-10,15-16H,2-4,11-14H2,1H3,(H2,24,25,26,29). The zero-order chi connectivity index (χ0) is 23.0. The molecule has 0 radical (unpaired) electrons. The van der Waals surface area contributed by atoms with E-state index in [1.165, 1.54) is 0 Å². The van der Waals surface area contributed by atoms with Crippen LogP contribution < -0.4 is 14.4 Å². The molecule has 33 heavy (non-hydrogen) atoms. The average molecular weight is 470 g/mol. The van der Waals surface area contributed by atoms with Crippen molar-refractivity contribution >= 4 is 38.7 Å². The van der Waals surface area contributed by atoms with E-state index in [4.69, 9.17) is 4.18 Å².